The van der Waals surface area contributed by atoms with E-state index in [-0.39, 0.29) is 0 Å². The largest absolute Gasteiger partial charge is 0.423 e. The van der Waals surface area contributed by atoms with E-state index in [0.29, 0.717) is 5.75 Å². The van der Waals surface area contributed by atoms with Crippen LogP contribution in [-0.4, -0.2) is 5.97 Å². The highest BCUT2D eigenvalue weighted by atomic mass is 16.5. The highest BCUT2D eigenvalue weighted by molar-refractivity contribution is 5.85. The molecule has 0 saturated heterocycles. The predicted molar refractivity (Wildman–Crippen MR) is 77.2 cm³/mol. The van der Waals surface area contributed by atoms with Gasteiger partial charge in [0.05, 0.1) is 0 Å². The Hall–Kier alpha value is -2.35. The maximum Gasteiger partial charge on any atom is 0.335 e. The van der Waals surface area contributed by atoms with E-state index in [1.54, 1.807) is 0 Å². The van der Waals surface area contributed by atoms with Gasteiger partial charge in [0.15, 0.2) is 0 Å². The van der Waals surface area contributed by atoms with Crippen LogP contribution in [0.2, 0.25) is 0 Å². The van der Waals surface area contributed by atoms with Crippen LogP contribution in [0.1, 0.15) is 11.1 Å². The van der Waals surface area contributed by atoms with E-state index in [2.05, 4.69) is 6.58 Å². The zero-order chi connectivity index (χ0) is 13.8. The Bertz CT molecular complexity index is 610. The van der Waals surface area contributed by atoms with E-state index in [0.717, 1.165) is 16.7 Å². The normalized spacial score (nSPS) is 10.0. The Morgan fingerprint density at radius 3 is 2.32 bits per heavy atom. The fourth-order valence-corrected chi connectivity index (χ4v) is 1.84. The minimum atomic E-state index is -0.445. The molecular formula is C17H16O2. The molecule has 0 spiro atoms. The van der Waals surface area contributed by atoms with E-state index >= 15 is 0 Å². The molecule has 0 heterocycles. The molecule has 2 aromatic carbocycles. The average molecular weight is 252 g/mol. The number of aryl methyl sites for hydroxylation is 2. The summed E-state index contributed by atoms with van der Waals surface area (Å²) < 4.78 is 5.30. The van der Waals surface area contributed by atoms with Crippen molar-refractivity contribution in [1.29, 1.82) is 0 Å². The van der Waals surface area contributed by atoms with Crippen molar-refractivity contribution >= 4 is 5.97 Å². The minimum absolute atomic E-state index is 0.445. The Morgan fingerprint density at radius 1 is 1.05 bits per heavy atom. The van der Waals surface area contributed by atoms with E-state index < -0.39 is 5.97 Å². The molecule has 2 aromatic rings. The van der Waals surface area contributed by atoms with Crippen LogP contribution in [0.5, 0.6) is 5.75 Å². The lowest BCUT2D eigenvalue weighted by molar-refractivity contribution is -0.128. The summed E-state index contributed by atoms with van der Waals surface area (Å²) >= 11 is 0. The Balaban J connectivity index is 2.47. The zero-order valence-electron chi connectivity index (χ0n) is 11.1. The highest BCUT2D eigenvalue weighted by Gasteiger charge is 2.09. The van der Waals surface area contributed by atoms with Gasteiger partial charge >= 0.3 is 5.97 Å². The van der Waals surface area contributed by atoms with Crippen molar-refractivity contribution in [3.8, 4) is 16.9 Å². The highest BCUT2D eigenvalue weighted by Crippen LogP contribution is 2.31. The summed E-state index contributed by atoms with van der Waals surface area (Å²) in [4.78, 5) is 11.4. The molecular weight excluding hydrogens is 236 g/mol. The van der Waals surface area contributed by atoms with Gasteiger partial charge in [0.25, 0.3) is 0 Å². The number of carbonyl (C=O) groups is 1. The van der Waals surface area contributed by atoms with Crippen molar-refractivity contribution in [2.24, 2.45) is 0 Å². The van der Waals surface area contributed by atoms with E-state index in [1.807, 2.05) is 56.3 Å². The van der Waals surface area contributed by atoms with Gasteiger partial charge in [-0.05, 0) is 31.0 Å². The molecule has 0 amide bonds. The van der Waals surface area contributed by atoms with Crippen LogP contribution < -0.4 is 4.74 Å². The van der Waals surface area contributed by atoms with Gasteiger partial charge in [-0.15, -0.1) is 0 Å². The topological polar surface area (TPSA) is 26.3 Å². The molecule has 96 valence electrons. The first-order chi connectivity index (χ1) is 9.10. The van der Waals surface area contributed by atoms with Crippen LogP contribution in [0.15, 0.2) is 55.1 Å². The first kappa shape index (κ1) is 13.1. The van der Waals surface area contributed by atoms with Gasteiger partial charge in [-0.2, -0.15) is 0 Å². The van der Waals surface area contributed by atoms with E-state index in [9.17, 15) is 4.79 Å². The second-order valence-electron chi connectivity index (χ2n) is 4.49. The van der Waals surface area contributed by atoms with Crippen molar-refractivity contribution in [1.82, 2.24) is 0 Å². The number of benzene rings is 2. The van der Waals surface area contributed by atoms with Crippen LogP contribution in [0, 0.1) is 13.8 Å². The third-order valence-corrected chi connectivity index (χ3v) is 2.88. The summed E-state index contributed by atoms with van der Waals surface area (Å²) in [6.07, 6.45) is 1.17. The number of esters is 1. The molecule has 0 aliphatic heterocycles. The second kappa shape index (κ2) is 5.53. The molecule has 0 aromatic heterocycles. The third-order valence-electron chi connectivity index (χ3n) is 2.88. The summed E-state index contributed by atoms with van der Waals surface area (Å²) in [7, 11) is 0. The first-order valence-electron chi connectivity index (χ1n) is 6.12. The van der Waals surface area contributed by atoms with Gasteiger partial charge in [0.1, 0.15) is 5.75 Å². The Kier molecular flexibility index (Phi) is 3.81. The summed E-state index contributed by atoms with van der Waals surface area (Å²) in [6.45, 7) is 7.42. The monoisotopic (exact) mass is 252 g/mol. The maximum atomic E-state index is 11.4. The van der Waals surface area contributed by atoms with Gasteiger partial charge in [-0.3, -0.25) is 0 Å². The molecule has 0 N–H and O–H groups in total. The van der Waals surface area contributed by atoms with Crippen LogP contribution in [0.25, 0.3) is 11.1 Å². The van der Waals surface area contributed by atoms with Crippen molar-refractivity contribution < 1.29 is 9.53 Å². The van der Waals surface area contributed by atoms with Crippen molar-refractivity contribution in [3.63, 3.8) is 0 Å². The molecule has 0 aliphatic carbocycles. The van der Waals surface area contributed by atoms with E-state index in [4.69, 9.17) is 4.74 Å². The van der Waals surface area contributed by atoms with Crippen molar-refractivity contribution in [2.45, 2.75) is 13.8 Å². The molecule has 0 saturated carbocycles. The molecule has 0 fully saturated rings. The summed E-state index contributed by atoms with van der Waals surface area (Å²) in [5, 5.41) is 0. The lowest BCUT2D eigenvalue weighted by atomic mass is 10.0. The lowest BCUT2D eigenvalue weighted by Gasteiger charge is -2.10. The minimum Gasteiger partial charge on any atom is -0.423 e. The van der Waals surface area contributed by atoms with Crippen LogP contribution in [-0.2, 0) is 4.79 Å². The fourth-order valence-electron chi connectivity index (χ4n) is 1.84. The van der Waals surface area contributed by atoms with Crippen molar-refractivity contribution in [2.75, 3.05) is 0 Å². The van der Waals surface area contributed by atoms with Gasteiger partial charge in [-0.25, -0.2) is 4.79 Å². The van der Waals surface area contributed by atoms with Crippen LogP contribution in [0.3, 0.4) is 0 Å². The van der Waals surface area contributed by atoms with Crippen LogP contribution in [0.4, 0.5) is 0 Å². The quantitative estimate of drug-likeness (QED) is 0.468. The maximum absolute atomic E-state index is 11.4. The second-order valence-corrected chi connectivity index (χ2v) is 4.49. The smallest absolute Gasteiger partial charge is 0.335 e. The van der Waals surface area contributed by atoms with Crippen molar-refractivity contribution in [3.05, 3.63) is 66.2 Å². The fraction of sp³-hybridized carbons (Fsp3) is 0.118. The molecule has 0 unspecified atom stereocenters. The van der Waals surface area contributed by atoms with Gasteiger partial charge in [-0.1, -0.05) is 48.5 Å². The van der Waals surface area contributed by atoms with Crippen LogP contribution >= 0.6 is 0 Å². The number of hydrogen-bond acceptors (Lipinski definition) is 2. The molecule has 2 nitrogen and oxygen atoms in total. The van der Waals surface area contributed by atoms with E-state index in [1.165, 1.54) is 11.6 Å². The third kappa shape index (κ3) is 3.10. The number of carbonyl (C=O) groups excluding carboxylic acids is 1. The Labute approximate surface area is 113 Å². The Morgan fingerprint density at radius 2 is 1.68 bits per heavy atom. The average Bonchev–Trinajstić information content (AvgIpc) is 2.40. The molecule has 2 heteroatoms. The standard InChI is InChI=1S/C17H16O2/c1-4-17(18)19-16-11-13(3)7-10-15(16)14-8-5-12(2)6-9-14/h4-11H,1H2,2-3H3. The summed E-state index contributed by atoms with van der Waals surface area (Å²) in [6, 6.07) is 13.9. The zero-order valence-corrected chi connectivity index (χ0v) is 11.1. The van der Waals surface area contributed by atoms with Gasteiger partial charge in [0.2, 0.25) is 0 Å². The van der Waals surface area contributed by atoms with Gasteiger partial charge in [0, 0.05) is 11.6 Å². The number of ether oxygens (including phenoxy) is 1. The molecule has 2 rings (SSSR count). The summed E-state index contributed by atoms with van der Waals surface area (Å²) in [5.41, 5.74) is 4.17. The molecule has 0 atom stereocenters. The lowest BCUT2D eigenvalue weighted by Crippen LogP contribution is -2.04. The van der Waals surface area contributed by atoms with Gasteiger partial charge < -0.3 is 4.74 Å². The SMILES string of the molecule is C=CC(=O)Oc1cc(C)ccc1-c1ccc(C)cc1. The predicted octanol–water partition coefficient (Wildman–Crippen LogP) is 4.06. The molecule has 19 heavy (non-hydrogen) atoms. The number of hydrogen-bond donors (Lipinski definition) is 0. The molecule has 0 radical (unpaired) electrons. The first-order valence-corrected chi connectivity index (χ1v) is 6.12. The molecule has 0 aliphatic rings. The molecule has 0 bridgehead atoms. The number of rotatable bonds is 3. The summed E-state index contributed by atoms with van der Waals surface area (Å²) in [5.74, 6) is 0.118.